The Morgan fingerprint density at radius 3 is 1.82 bits per heavy atom. The molecule has 2 aromatic heterocycles. The van der Waals surface area contributed by atoms with Gasteiger partial charge in [-0.25, -0.2) is 8.42 Å². The molecule has 0 spiro atoms. The van der Waals surface area contributed by atoms with Crippen LogP contribution in [0.2, 0.25) is 5.02 Å². The van der Waals surface area contributed by atoms with Gasteiger partial charge in [-0.05, 0) is 43.4 Å². The minimum absolute atomic E-state index is 0.0582. The van der Waals surface area contributed by atoms with Gasteiger partial charge in [0.2, 0.25) is 0 Å². The van der Waals surface area contributed by atoms with Crippen molar-refractivity contribution in [3.05, 3.63) is 57.9 Å². The van der Waals surface area contributed by atoms with Crippen molar-refractivity contribution in [2.75, 3.05) is 12.5 Å². The summed E-state index contributed by atoms with van der Waals surface area (Å²) < 4.78 is 38.7. The average Bonchev–Trinajstić information content (AvgIpc) is 3.22. The lowest BCUT2D eigenvalue weighted by Crippen LogP contribution is -2.13. The Balaban J connectivity index is 0.000000216. The van der Waals surface area contributed by atoms with Crippen LogP contribution in [0.25, 0.3) is 21.8 Å². The summed E-state index contributed by atoms with van der Waals surface area (Å²) in [5.74, 6) is 4.06. The summed E-state index contributed by atoms with van der Waals surface area (Å²) in [5, 5.41) is 11.3. The number of rotatable bonds is 4. The summed E-state index contributed by atoms with van der Waals surface area (Å²) in [7, 11) is -1.47. The third kappa shape index (κ3) is 7.24. The van der Waals surface area contributed by atoms with E-state index in [-0.39, 0.29) is 16.6 Å². The molecule has 4 aromatic rings. The van der Waals surface area contributed by atoms with Crippen molar-refractivity contribution in [3.8, 4) is 0 Å². The maximum absolute atomic E-state index is 11.9. The monoisotopic (exact) mass is 592 g/mol. The predicted octanol–water partition coefficient (Wildman–Crippen LogP) is 5.79. The molecule has 0 bridgehead atoms. The fourth-order valence-corrected chi connectivity index (χ4v) is 6.58. The van der Waals surface area contributed by atoms with Crippen LogP contribution in [-0.2, 0) is 55.8 Å². The third-order valence-electron chi connectivity index (χ3n) is 6.41. The minimum atomic E-state index is -3.15. The molecule has 0 N–H and O–H groups in total. The fourth-order valence-electron chi connectivity index (χ4n) is 4.82. The summed E-state index contributed by atoms with van der Waals surface area (Å²) in [6, 6.07) is 10.0. The summed E-state index contributed by atoms with van der Waals surface area (Å²) in [5.41, 5.74) is 5.79. The van der Waals surface area contributed by atoms with Crippen LogP contribution in [0.1, 0.15) is 64.1 Å². The molecule has 0 aliphatic rings. The summed E-state index contributed by atoms with van der Waals surface area (Å²) in [6.07, 6.45) is 2.89. The van der Waals surface area contributed by atoms with Gasteiger partial charge >= 0.3 is 0 Å². The van der Waals surface area contributed by atoms with Crippen molar-refractivity contribution in [1.29, 1.82) is 0 Å². The smallest absolute Gasteiger partial charge is 0.153 e. The maximum Gasteiger partial charge on any atom is 0.153 e. The first kappa shape index (κ1) is 31.2. The van der Waals surface area contributed by atoms with Gasteiger partial charge in [-0.2, -0.15) is 10.2 Å². The Hall–Kier alpha value is -2.36. The molecule has 10 heteroatoms. The lowest BCUT2D eigenvalue weighted by molar-refractivity contribution is 0.589. The van der Waals surface area contributed by atoms with E-state index in [9.17, 15) is 12.6 Å². The van der Waals surface area contributed by atoms with Gasteiger partial charge in [0.05, 0.1) is 38.9 Å². The van der Waals surface area contributed by atoms with E-state index < -0.39 is 19.4 Å². The van der Waals surface area contributed by atoms with Crippen molar-refractivity contribution < 1.29 is 12.6 Å². The molecule has 4 rings (SSSR count). The molecular formula is C29H41ClN4O3S2. The highest BCUT2D eigenvalue weighted by Gasteiger charge is 2.24. The number of aromatic nitrogens is 4. The van der Waals surface area contributed by atoms with Gasteiger partial charge in [-0.1, -0.05) is 77.4 Å². The highest BCUT2D eigenvalue weighted by atomic mass is 35.5. The number of sulfone groups is 1. The molecule has 1 unspecified atom stereocenters. The quantitative estimate of drug-likeness (QED) is 0.280. The highest BCUT2D eigenvalue weighted by molar-refractivity contribution is 7.98. The van der Waals surface area contributed by atoms with Crippen LogP contribution < -0.4 is 0 Å². The van der Waals surface area contributed by atoms with E-state index in [2.05, 4.69) is 75.8 Å². The number of aryl methyl sites for hydroxylation is 2. The molecule has 0 aliphatic carbocycles. The predicted molar refractivity (Wildman–Crippen MR) is 167 cm³/mol. The van der Waals surface area contributed by atoms with Crippen LogP contribution in [0.3, 0.4) is 0 Å². The Labute approximate surface area is 238 Å². The van der Waals surface area contributed by atoms with E-state index in [1.807, 2.05) is 30.9 Å². The zero-order valence-corrected chi connectivity index (χ0v) is 27.1. The topological polar surface area (TPSA) is 86.8 Å². The molecule has 0 aliphatic heterocycles. The first-order valence-electron chi connectivity index (χ1n) is 12.7. The van der Waals surface area contributed by atoms with E-state index in [4.69, 9.17) is 11.6 Å². The Morgan fingerprint density at radius 2 is 1.31 bits per heavy atom. The van der Waals surface area contributed by atoms with Gasteiger partial charge in [0.1, 0.15) is 0 Å². The zero-order chi connectivity index (χ0) is 29.7. The van der Waals surface area contributed by atoms with Gasteiger partial charge in [-0.3, -0.25) is 13.6 Å². The van der Waals surface area contributed by atoms with Crippen molar-refractivity contribution in [2.45, 2.75) is 63.9 Å². The molecule has 0 saturated carbocycles. The molecular weight excluding hydrogens is 552 g/mol. The molecule has 0 fully saturated rings. The maximum atomic E-state index is 11.9. The van der Waals surface area contributed by atoms with Crippen molar-refractivity contribution in [3.63, 3.8) is 0 Å². The number of hydrogen-bond donors (Lipinski definition) is 0. The number of nitrogens with zero attached hydrogens (tertiary/aromatic N) is 4. The van der Waals surface area contributed by atoms with Gasteiger partial charge in [0.15, 0.2) is 9.84 Å². The van der Waals surface area contributed by atoms with Crippen molar-refractivity contribution in [2.24, 2.45) is 14.1 Å². The largest absolute Gasteiger partial charge is 0.268 e. The third-order valence-corrected chi connectivity index (χ3v) is 8.41. The first-order valence-corrected chi connectivity index (χ1v) is 17.4. The number of para-hydroxylation sites is 1. The lowest BCUT2D eigenvalue weighted by Gasteiger charge is -2.21. The van der Waals surface area contributed by atoms with Gasteiger partial charge < -0.3 is 0 Å². The van der Waals surface area contributed by atoms with E-state index in [0.29, 0.717) is 16.5 Å². The summed E-state index contributed by atoms with van der Waals surface area (Å²) in [4.78, 5) is 0. The van der Waals surface area contributed by atoms with Crippen LogP contribution in [0.4, 0.5) is 0 Å². The second kappa shape index (κ2) is 10.6. The molecule has 2 aromatic carbocycles. The number of benzene rings is 2. The SMILES string of the molecule is C=S(C)(=O)Cc1nn(C)c2c(C(C)(C)C)cccc12.Cn1nc(CS(C)(=O)=O)c2c(Cl)ccc(C(C)(C)C)c21. The molecule has 0 amide bonds. The fraction of sp³-hybridized carbons (Fsp3) is 0.483. The first-order chi connectivity index (χ1) is 17.6. The van der Waals surface area contributed by atoms with E-state index in [1.54, 1.807) is 10.9 Å². The second-order valence-electron chi connectivity index (χ2n) is 12.6. The molecule has 1 atom stereocenters. The Morgan fingerprint density at radius 1 is 0.795 bits per heavy atom. The minimum Gasteiger partial charge on any atom is -0.268 e. The van der Waals surface area contributed by atoms with E-state index in [0.717, 1.165) is 33.1 Å². The summed E-state index contributed by atoms with van der Waals surface area (Å²) >= 11 is 6.28. The number of halogens is 1. The molecule has 39 heavy (non-hydrogen) atoms. The standard InChI is InChI=1S/C15H22N2OS.C14H19ClN2O2S/c1-15(2,3)12-9-7-8-11-13(10-19(5,6)18)16-17(4)14(11)12;1-14(2,3)9-6-7-10(15)12-11(8-20(5,18)19)16-17(4)13(9)12/h7-9H,5,10H2,1-4,6H3;6-7H,8H2,1-5H3. The summed E-state index contributed by atoms with van der Waals surface area (Å²) in [6.45, 7) is 12.9. The van der Waals surface area contributed by atoms with Crippen LogP contribution in [0.15, 0.2) is 30.3 Å². The molecule has 2 heterocycles. The number of fused-ring (bicyclic) bond motifs is 2. The van der Waals surface area contributed by atoms with E-state index in [1.165, 1.54) is 11.8 Å². The lowest BCUT2D eigenvalue weighted by atomic mass is 9.85. The van der Waals surface area contributed by atoms with Gasteiger partial charge in [-0.15, -0.1) is 0 Å². The zero-order valence-electron chi connectivity index (χ0n) is 24.7. The normalized spacial score (nSPS) is 14.3. The molecule has 7 nitrogen and oxygen atoms in total. The van der Waals surface area contributed by atoms with Crippen molar-refractivity contribution in [1.82, 2.24) is 19.6 Å². The number of hydrogen-bond acceptors (Lipinski definition) is 5. The van der Waals surface area contributed by atoms with Crippen LogP contribution >= 0.6 is 11.6 Å². The molecule has 214 valence electrons. The molecule has 0 saturated heterocycles. The van der Waals surface area contributed by atoms with Crippen molar-refractivity contribution >= 4 is 58.6 Å². The van der Waals surface area contributed by atoms with Crippen LogP contribution in [0.5, 0.6) is 0 Å². The van der Waals surface area contributed by atoms with Gasteiger partial charge in [0.25, 0.3) is 0 Å². The van der Waals surface area contributed by atoms with Crippen LogP contribution in [-0.4, -0.2) is 50.6 Å². The molecule has 0 radical (unpaired) electrons. The highest BCUT2D eigenvalue weighted by Crippen LogP contribution is 2.36. The van der Waals surface area contributed by atoms with Crippen LogP contribution in [0, 0.1) is 0 Å². The van der Waals surface area contributed by atoms with Gasteiger partial charge in [0, 0.05) is 37.4 Å². The second-order valence-corrected chi connectivity index (χ2v) is 17.8. The van der Waals surface area contributed by atoms with E-state index >= 15 is 0 Å². The Bertz CT molecular complexity index is 1750. The average molecular weight is 593 g/mol. The Kier molecular flexibility index (Phi) is 8.44.